The maximum absolute atomic E-state index is 13.3. The molecule has 0 heterocycles. The number of carbonyl (C=O) groups excluding carboxylic acids is 1. The van der Waals surface area contributed by atoms with Gasteiger partial charge in [-0.05, 0) is 42.0 Å². The molecule has 0 aliphatic carbocycles. The normalized spacial score (nSPS) is 12.0. The van der Waals surface area contributed by atoms with E-state index in [0.29, 0.717) is 4.47 Å². The third kappa shape index (κ3) is 8.04. The van der Waals surface area contributed by atoms with E-state index in [-0.39, 0.29) is 11.4 Å². The lowest BCUT2D eigenvalue weighted by Gasteiger charge is -2.25. The monoisotopic (exact) mass is 571 g/mol. The number of nitrogens with zero attached hydrogens (tertiary/aromatic N) is 1. The van der Waals surface area contributed by atoms with E-state index in [4.69, 9.17) is 0 Å². The van der Waals surface area contributed by atoms with Gasteiger partial charge < -0.3 is 15.5 Å². The minimum absolute atomic E-state index is 0.0891. The second-order valence-corrected chi connectivity index (χ2v) is 8.48. The highest BCUT2D eigenvalue weighted by Gasteiger charge is 2.33. The number of amides is 2. The maximum atomic E-state index is 13.3. The molecular formula is C25H20BrF6N3O. The highest BCUT2D eigenvalue weighted by molar-refractivity contribution is 9.10. The summed E-state index contributed by atoms with van der Waals surface area (Å²) in [6.45, 7) is -0.457. The Hall–Kier alpha value is -3.47. The number of benzene rings is 3. The molecule has 0 fully saturated rings. The second kappa shape index (κ2) is 11.5. The molecule has 3 aromatic carbocycles. The van der Waals surface area contributed by atoms with Crippen molar-refractivity contribution in [3.8, 4) is 0 Å². The third-order valence-electron chi connectivity index (χ3n) is 4.88. The average Bonchev–Trinajstić information content (AvgIpc) is 2.79. The molecule has 0 bridgehead atoms. The van der Waals surface area contributed by atoms with Gasteiger partial charge in [0.25, 0.3) is 0 Å². The molecule has 4 nitrogen and oxygen atoms in total. The zero-order valence-electron chi connectivity index (χ0n) is 18.5. The molecule has 0 aliphatic heterocycles. The summed E-state index contributed by atoms with van der Waals surface area (Å²) in [5.41, 5.74) is -0.452. The minimum Gasteiger partial charge on any atom is -0.346 e. The Kier molecular flexibility index (Phi) is 8.67. The molecule has 3 aromatic rings. The molecule has 0 aliphatic rings. The topological polar surface area (TPSA) is 44.4 Å². The number of hydrogen-bond acceptors (Lipinski definition) is 2. The van der Waals surface area contributed by atoms with Crippen LogP contribution in [0.2, 0.25) is 0 Å². The summed E-state index contributed by atoms with van der Waals surface area (Å²) in [6, 6.07) is 16.9. The predicted molar refractivity (Wildman–Crippen MR) is 132 cm³/mol. The lowest BCUT2D eigenvalue weighted by molar-refractivity contribution is -0.137. The Labute approximate surface area is 211 Å². The minimum atomic E-state index is -4.69. The van der Waals surface area contributed by atoms with Crippen LogP contribution < -0.4 is 15.5 Å². The smallest absolute Gasteiger partial charge is 0.346 e. The number of para-hydroxylation sites is 1. The Morgan fingerprint density at radius 2 is 1.50 bits per heavy atom. The fourth-order valence-corrected chi connectivity index (χ4v) is 3.60. The van der Waals surface area contributed by atoms with Crippen molar-refractivity contribution in [1.29, 1.82) is 0 Å². The number of nitrogens with one attached hydrogen (secondary N) is 2. The van der Waals surface area contributed by atoms with Crippen molar-refractivity contribution in [3.63, 3.8) is 0 Å². The molecule has 11 heteroatoms. The number of halogens is 7. The first-order valence-electron chi connectivity index (χ1n) is 10.5. The van der Waals surface area contributed by atoms with Crippen LogP contribution in [0.5, 0.6) is 0 Å². The van der Waals surface area contributed by atoms with Crippen LogP contribution in [0, 0.1) is 0 Å². The average molecular weight is 572 g/mol. The van der Waals surface area contributed by atoms with Crippen molar-refractivity contribution in [3.05, 3.63) is 94.6 Å². The van der Waals surface area contributed by atoms with Gasteiger partial charge in [0.2, 0.25) is 0 Å². The van der Waals surface area contributed by atoms with Gasteiger partial charge in [-0.15, -0.1) is 0 Å². The summed E-state index contributed by atoms with van der Waals surface area (Å²) in [5.74, 6) is 0. The summed E-state index contributed by atoms with van der Waals surface area (Å²) < 4.78 is 79.4. The van der Waals surface area contributed by atoms with Gasteiger partial charge >= 0.3 is 18.4 Å². The van der Waals surface area contributed by atoms with E-state index in [2.05, 4.69) is 26.6 Å². The lowest BCUT2D eigenvalue weighted by Crippen LogP contribution is -2.26. The Morgan fingerprint density at radius 1 is 0.861 bits per heavy atom. The molecule has 0 aromatic heterocycles. The number of anilines is 3. The van der Waals surface area contributed by atoms with E-state index < -0.39 is 42.6 Å². The summed E-state index contributed by atoms with van der Waals surface area (Å²) in [4.78, 5) is 13.9. The van der Waals surface area contributed by atoms with Gasteiger partial charge in [-0.1, -0.05) is 58.4 Å². The number of alkyl halides is 6. The molecule has 3 rings (SSSR count). The van der Waals surface area contributed by atoms with Gasteiger partial charge in [0.15, 0.2) is 0 Å². The van der Waals surface area contributed by atoms with Crippen LogP contribution in [-0.2, 0) is 6.18 Å². The Morgan fingerprint density at radius 3 is 2.17 bits per heavy atom. The number of carbonyl (C=O) groups is 1. The number of urea groups is 1. The molecule has 0 saturated heterocycles. The standard InChI is InChI=1S/C25H20BrF6N3O/c26-18-10-11-22(35(15-13-24(27,28)29)14-12-17-6-2-1-3-7-17)21(16-18)34-23(36)33-20-9-5-4-8-19(20)25(30,31)32/h1-12,14,16H,13,15H2,(H2,33,34,36). The second-order valence-electron chi connectivity index (χ2n) is 7.57. The molecule has 190 valence electrons. The Bertz CT molecular complexity index is 1210. The van der Waals surface area contributed by atoms with Crippen LogP contribution in [0.3, 0.4) is 0 Å². The molecular weight excluding hydrogens is 552 g/mol. The molecule has 0 unspecified atom stereocenters. The van der Waals surface area contributed by atoms with E-state index in [9.17, 15) is 31.1 Å². The van der Waals surface area contributed by atoms with Gasteiger partial charge in [-0.2, -0.15) is 26.3 Å². The summed E-state index contributed by atoms with van der Waals surface area (Å²) in [7, 11) is 0. The molecule has 2 N–H and O–H groups in total. The van der Waals surface area contributed by atoms with Crippen molar-refractivity contribution in [2.75, 3.05) is 22.1 Å². The van der Waals surface area contributed by atoms with Crippen LogP contribution in [0.1, 0.15) is 17.5 Å². The van der Waals surface area contributed by atoms with Crippen LogP contribution >= 0.6 is 15.9 Å². The van der Waals surface area contributed by atoms with Crippen LogP contribution in [0.25, 0.3) is 6.08 Å². The van der Waals surface area contributed by atoms with Crippen molar-refractivity contribution < 1.29 is 31.1 Å². The van der Waals surface area contributed by atoms with Gasteiger partial charge in [0.05, 0.1) is 29.0 Å². The van der Waals surface area contributed by atoms with Gasteiger partial charge in [0, 0.05) is 17.2 Å². The first-order valence-corrected chi connectivity index (χ1v) is 11.3. The van der Waals surface area contributed by atoms with E-state index in [1.165, 1.54) is 35.4 Å². The van der Waals surface area contributed by atoms with Gasteiger partial charge in [0.1, 0.15) is 0 Å². The quantitative estimate of drug-likeness (QED) is 0.279. The first kappa shape index (κ1) is 27.1. The van der Waals surface area contributed by atoms with Gasteiger partial charge in [-0.3, -0.25) is 0 Å². The van der Waals surface area contributed by atoms with E-state index in [1.807, 2.05) is 0 Å². The molecule has 0 spiro atoms. The molecule has 0 atom stereocenters. The summed E-state index contributed by atoms with van der Waals surface area (Å²) >= 11 is 3.25. The van der Waals surface area contributed by atoms with Crippen molar-refractivity contribution in [1.82, 2.24) is 0 Å². The molecule has 0 saturated carbocycles. The van der Waals surface area contributed by atoms with Crippen molar-refractivity contribution in [2.45, 2.75) is 18.8 Å². The molecule has 2 amide bonds. The van der Waals surface area contributed by atoms with Gasteiger partial charge in [-0.25, -0.2) is 4.79 Å². The van der Waals surface area contributed by atoms with Crippen LogP contribution in [-0.4, -0.2) is 18.8 Å². The molecule has 0 radical (unpaired) electrons. The maximum Gasteiger partial charge on any atom is 0.418 e. The zero-order chi connectivity index (χ0) is 26.3. The van der Waals surface area contributed by atoms with Crippen molar-refractivity contribution >= 4 is 45.1 Å². The summed E-state index contributed by atoms with van der Waals surface area (Å²) in [5, 5.41) is 4.61. The van der Waals surface area contributed by atoms with E-state index >= 15 is 0 Å². The summed E-state index contributed by atoms with van der Waals surface area (Å²) in [6.07, 6.45) is -7.19. The highest BCUT2D eigenvalue weighted by Crippen LogP contribution is 2.35. The predicted octanol–water partition coefficient (Wildman–Crippen LogP) is 8.54. The van der Waals surface area contributed by atoms with Crippen LogP contribution in [0.4, 0.5) is 48.2 Å². The largest absolute Gasteiger partial charge is 0.418 e. The van der Waals surface area contributed by atoms with Crippen molar-refractivity contribution in [2.24, 2.45) is 0 Å². The fraction of sp³-hybridized carbons (Fsp3) is 0.160. The highest BCUT2D eigenvalue weighted by atomic mass is 79.9. The Balaban J connectivity index is 1.90. The fourth-order valence-electron chi connectivity index (χ4n) is 3.24. The van der Waals surface area contributed by atoms with E-state index in [0.717, 1.165) is 17.7 Å². The van der Waals surface area contributed by atoms with Crippen LogP contribution in [0.15, 0.2) is 83.5 Å². The lowest BCUT2D eigenvalue weighted by atomic mass is 10.1. The SMILES string of the molecule is O=C(Nc1cc(Br)ccc1N(C=Cc1ccccc1)CCC(F)(F)F)Nc1ccccc1C(F)(F)F. The zero-order valence-corrected chi connectivity index (χ0v) is 20.1. The van der Waals surface area contributed by atoms with E-state index in [1.54, 1.807) is 42.5 Å². The molecule has 36 heavy (non-hydrogen) atoms. The first-order chi connectivity index (χ1) is 16.9. The third-order valence-corrected chi connectivity index (χ3v) is 5.37. The number of hydrogen-bond donors (Lipinski definition) is 2. The number of rotatable bonds is 7.